The van der Waals surface area contributed by atoms with Gasteiger partial charge in [-0.25, -0.2) is 0 Å². The maximum Gasteiger partial charge on any atom is 0.246 e. The Kier molecular flexibility index (Phi) is 3.31. The summed E-state index contributed by atoms with van der Waals surface area (Å²) in [5.41, 5.74) is -0.876. The first-order chi connectivity index (χ1) is 6.91. The van der Waals surface area contributed by atoms with Crippen molar-refractivity contribution >= 4 is 11.8 Å². The summed E-state index contributed by atoms with van der Waals surface area (Å²) in [5, 5.41) is 2.60. The minimum absolute atomic E-state index is 0.145. The average molecular weight is 216 g/mol. The van der Waals surface area contributed by atoms with Crippen molar-refractivity contribution in [3.05, 3.63) is 0 Å². The van der Waals surface area contributed by atoms with Gasteiger partial charge in [0, 0.05) is 6.54 Å². The van der Waals surface area contributed by atoms with Gasteiger partial charge in [0.1, 0.15) is 11.6 Å². The zero-order chi connectivity index (χ0) is 11.6. The van der Waals surface area contributed by atoms with Crippen molar-refractivity contribution in [2.24, 2.45) is 0 Å². The number of alkyl halides is 1. The van der Waals surface area contributed by atoms with Crippen LogP contribution in [0.2, 0.25) is 0 Å². The molecule has 1 unspecified atom stereocenters. The van der Waals surface area contributed by atoms with Crippen molar-refractivity contribution in [1.29, 1.82) is 0 Å². The van der Waals surface area contributed by atoms with Gasteiger partial charge in [-0.05, 0) is 27.2 Å². The van der Waals surface area contributed by atoms with E-state index in [-0.39, 0.29) is 18.2 Å². The zero-order valence-corrected chi connectivity index (χ0v) is 9.34. The van der Waals surface area contributed by atoms with E-state index in [1.807, 2.05) is 0 Å². The molecule has 1 N–H and O–H groups in total. The lowest BCUT2D eigenvalue weighted by Crippen LogP contribution is -2.67. The number of nitrogens with one attached hydrogen (secondary N) is 1. The predicted molar refractivity (Wildman–Crippen MR) is 54.0 cm³/mol. The number of hydrogen-bond donors (Lipinski definition) is 1. The molecule has 0 radical (unpaired) electrons. The Balaban J connectivity index is 2.85. The third-order valence-electron chi connectivity index (χ3n) is 2.73. The largest absolute Gasteiger partial charge is 0.343 e. The Bertz CT molecular complexity index is 279. The summed E-state index contributed by atoms with van der Waals surface area (Å²) >= 11 is 0. The van der Waals surface area contributed by atoms with E-state index in [9.17, 15) is 14.0 Å². The van der Waals surface area contributed by atoms with Crippen molar-refractivity contribution in [3.63, 3.8) is 0 Å². The van der Waals surface area contributed by atoms with E-state index in [4.69, 9.17) is 0 Å². The van der Waals surface area contributed by atoms with Gasteiger partial charge in [-0.15, -0.1) is 0 Å². The van der Waals surface area contributed by atoms with E-state index in [0.29, 0.717) is 6.54 Å². The second kappa shape index (κ2) is 4.16. The van der Waals surface area contributed by atoms with Gasteiger partial charge in [-0.1, -0.05) is 0 Å². The van der Waals surface area contributed by atoms with E-state index in [2.05, 4.69) is 5.32 Å². The molecule has 1 aliphatic rings. The molecule has 4 nitrogen and oxygen atoms in total. The van der Waals surface area contributed by atoms with Gasteiger partial charge < -0.3 is 10.2 Å². The standard InChI is InChI=1S/C10H17FN2O2/c1-7-8(14)13(6-4-5-11)10(2,3)9(15)12-7/h7H,4-6H2,1-3H3,(H,12,15). The first-order valence-electron chi connectivity index (χ1n) is 5.09. The van der Waals surface area contributed by atoms with Crippen LogP contribution in [0.15, 0.2) is 0 Å². The molecule has 5 heteroatoms. The molecule has 0 spiro atoms. The van der Waals surface area contributed by atoms with Crippen LogP contribution in [0, 0.1) is 0 Å². The molecule has 0 aromatic rings. The average Bonchev–Trinajstić information content (AvgIpc) is 2.15. The van der Waals surface area contributed by atoms with Gasteiger partial charge in [0.25, 0.3) is 0 Å². The smallest absolute Gasteiger partial charge is 0.246 e. The Hall–Kier alpha value is -1.13. The van der Waals surface area contributed by atoms with E-state index in [1.165, 1.54) is 4.90 Å². The molecule has 2 amide bonds. The van der Waals surface area contributed by atoms with Crippen molar-refractivity contribution in [3.8, 4) is 0 Å². The summed E-state index contributed by atoms with van der Waals surface area (Å²) in [4.78, 5) is 24.9. The van der Waals surface area contributed by atoms with Crippen molar-refractivity contribution in [2.45, 2.75) is 38.8 Å². The molecule has 1 heterocycles. The van der Waals surface area contributed by atoms with Crippen molar-refractivity contribution in [2.75, 3.05) is 13.2 Å². The van der Waals surface area contributed by atoms with Crippen molar-refractivity contribution < 1.29 is 14.0 Å². The summed E-state index contributed by atoms with van der Waals surface area (Å²) in [6.45, 7) is 4.79. The molecule has 1 atom stereocenters. The number of carbonyl (C=O) groups is 2. The number of nitrogens with zero attached hydrogens (tertiary/aromatic N) is 1. The lowest BCUT2D eigenvalue weighted by atomic mass is 9.96. The van der Waals surface area contributed by atoms with Gasteiger partial charge in [-0.3, -0.25) is 14.0 Å². The maximum atomic E-state index is 12.1. The van der Waals surface area contributed by atoms with Gasteiger partial charge in [-0.2, -0.15) is 0 Å². The van der Waals surface area contributed by atoms with E-state index >= 15 is 0 Å². The predicted octanol–water partition coefficient (Wildman–Crippen LogP) is 0.471. The second-order valence-electron chi connectivity index (χ2n) is 4.29. The molecule has 1 saturated heterocycles. The third kappa shape index (κ3) is 2.11. The fourth-order valence-corrected chi connectivity index (χ4v) is 1.67. The maximum absolute atomic E-state index is 12.1. The van der Waals surface area contributed by atoms with Crippen molar-refractivity contribution in [1.82, 2.24) is 10.2 Å². The van der Waals surface area contributed by atoms with E-state index in [1.54, 1.807) is 20.8 Å². The number of hydrogen-bond acceptors (Lipinski definition) is 2. The van der Waals surface area contributed by atoms with Crippen LogP contribution in [0.4, 0.5) is 4.39 Å². The first-order valence-corrected chi connectivity index (χ1v) is 5.09. The molecule has 0 bridgehead atoms. The molecule has 1 aliphatic heterocycles. The molecule has 0 aromatic carbocycles. The van der Waals surface area contributed by atoms with Crippen LogP contribution in [0.1, 0.15) is 27.2 Å². The third-order valence-corrected chi connectivity index (χ3v) is 2.73. The summed E-state index contributed by atoms with van der Waals surface area (Å²) in [7, 11) is 0. The molecule has 0 aliphatic carbocycles. The SMILES string of the molecule is CC1NC(=O)C(C)(C)N(CCCF)C1=O. The van der Waals surface area contributed by atoms with Crippen LogP contribution in [-0.4, -0.2) is 41.5 Å². The number of carbonyl (C=O) groups excluding carboxylic acids is 2. The number of halogens is 1. The highest BCUT2D eigenvalue weighted by Crippen LogP contribution is 2.21. The minimum atomic E-state index is -0.876. The molecule has 15 heavy (non-hydrogen) atoms. The summed E-state index contributed by atoms with van der Waals surface area (Å²) in [6, 6.07) is -0.509. The van der Waals surface area contributed by atoms with E-state index in [0.717, 1.165) is 0 Å². The second-order valence-corrected chi connectivity index (χ2v) is 4.29. The van der Waals surface area contributed by atoms with Crippen LogP contribution in [0.3, 0.4) is 0 Å². The van der Waals surface area contributed by atoms with Gasteiger partial charge in [0.2, 0.25) is 11.8 Å². The Labute approximate surface area is 88.8 Å². The number of rotatable bonds is 3. The fraction of sp³-hybridized carbons (Fsp3) is 0.800. The molecule has 86 valence electrons. The van der Waals surface area contributed by atoms with Crippen LogP contribution < -0.4 is 5.32 Å². The normalized spacial score (nSPS) is 25.3. The Morgan fingerprint density at radius 2 is 2.07 bits per heavy atom. The Morgan fingerprint density at radius 1 is 1.47 bits per heavy atom. The van der Waals surface area contributed by atoms with Gasteiger partial charge in [0.05, 0.1) is 6.67 Å². The summed E-state index contributed by atoms with van der Waals surface area (Å²) in [6.07, 6.45) is 0.273. The minimum Gasteiger partial charge on any atom is -0.343 e. The van der Waals surface area contributed by atoms with Crippen LogP contribution in [0.5, 0.6) is 0 Å². The van der Waals surface area contributed by atoms with Crippen LogP contribution in [0.25, 0.3) is 0 Å². The molecular weight excluding hydrogens is 199 g/mol. The summed E-state index contributed by atoms with van der Waals surface area (Å²) < 4.78 is 12.1. The topological polar surface area (TPSA) is 49.4 Å². The fourth-order valence-electron chi connectivity index (χ4n) is 1.67. The number of piperazine rings is 1. The summed E-state index contributed by atoms with van der Waals surface area (Å²) in [5.74, 6) is -0.332. The van der Waals surface area contributed by atoms with Gasteiger partial charge >= 0.3 is 0 Å². The Morgan fingerprint density at radius 3 is 2.60 bits per heavy atom. The lowest BCUT2D eigenvalue weighted by Gasteiger charge is -2.43. The molecule has 0 saturated carbocycles. The quantitative estimate of drug-likeness (QED) is 0.745. The molecular formula is C10H17FN2O2. The van der Waals surface area contributed by atoms with Gasteiger partial charge in [0.15, 0.2) is 0 Å². The highest BCUT2D eigenvalue weighted by atomic mass is 19.1. The molecule has 0 aromatic heterocycles. The molecule has 1 rings (SSSR count). The number of amides is 2. The van der Waals surface area contributed by atoms with Crippen LogP contribution >= 0.6 is 0 Å². The lowest BCUT2D eigenvalue weighted by molar-refractivity contribution is -0.154. The zero-order valence-electron chi connectivity index (χ0n) is 9.34. The van der Waals surface area contributed by atoms with Crippen LogP contribution in [-0.2, 0) is 9.59 Å². The highest BCUT2D eigenvalue weighted by molar-refractivity contribution is 5.99. The monoisotopic (exact) mass is 216 g/mol. The highest BCUT2D eigenvalue weighted by Gasteiger charge is 2.44. The molecule has 1 fully saturated rings. The van der Waals surface area contributed by atoms with E-state index < -0.39 is 18.3 Å². The first kappa shape index (κ1) is 11.9.